The lowest BCUT2D eigenvalue weighted by atomic mass is 10.1. The van der Waals surface area contributed by atoms with E-state index in [9.17, 15) is 25.2 Å². The van der Waals surface area contributed by atoms with Crippen LogP contribution in [0.15, 0.2) is 24.3 Å². The van der Waals surface area contributed by atoms with Gasteiger partial charge in [0, 0.05) is 5.39 Å². The van der Waals surface area contributed by atoms with Gasteiger partial charge >= 0.3 is 5.97 Å². The molecule has 0 aliphatic carbocycles. The molecular weight excluding hydrogens is 322 g/mol. The van der Waals surface area contributed by atoms with E-state index >= 15 is 0 Å². The van der Waals surface area contributed by atoms with Gasteiger partial charge in [0.05, 0.1) is 13.2 Å². The number of esters is 1. The Kier molecular flexibility index (Phi) is 4.30. The number of aromatic nitrogens is 1. The van der Waals surface area contributed by atoms with Crippen LogP contribution in [0.3, 0.4) is 0 Å². The number of carbonyl (C=O) groups excluding carboxylic acids is 1. The van der Waals surface area contributed by atoms with Gasteiger partial charge in [-0.1, -0.05) is 30.0 Å². The van der Waals surface area contributed by atoms with Crippen molar-refractivity contribution in [1.82, 2.24) is 4.98 Å². The molecule has 1 aromatic heterocycles. The van der Waals surface area contributed by atoms with Crippen LogP contribution in [0, 0.1) is 0 Å². The summed E-state index contributed by atoms with van der Waals surface area (Å²) in [6.45, 7) is -1.49. The Balaban J connectivity index is 1.88. The van der Waals surface area contributed by atoms with Crippen molar-refractivity contribution in [1.29, 1.82) is 0 Å². The van der Waals surface area contributed by atoms with Gasteiger partial charge in [-0.05, 0) is 0 Å². The highest BCUT2D eigenvalue weighted by Gasteiger charge is 2.56. The second-order valence-corrected chi connectivity index (χ2v) is 5.46. The fourth-order valence-electron chi connectivity index (χ4n) is 2.60. The van der Waals surface area contributed by atoms with E-state index < -0.39 is 43.3 Å². The third-order valence-corrected chi connectivity index (χ3v) is 3.90. The van der Waals surface area contributed by atoms with Gasteiger partial charge in [0.25, 0.3) is 0 Å². The second-order valence-electron chi connectivity index (χ2n) is 5.46. The van der Waals surface area contributed by atoms with Crippen molar-refractivity contribution in [3.05, 3.63) is 30.0 Å². The average molecular weight is 338 g/mol. The largest absolute Gasteiger partial charge is 0.656 e. The standard InChI is InChI=1S/C15H16NO8/c17-5-9-11(7-3-1-2-4-8(7)16-9)23-14(21)12-10(19)13(20)15(22,6-18)24-12/h1-4,10,12-13,17-20,22H,5-6H2/q-1. The second kappa shape index (κ2) is 6.13. The van der Waals surface area contributed by atoms with E-state index in [2.05, 4.69) is 4.98 Å². The van der Waals surface area contributed by atoms with Crippen molar-refractivity contribution in [3.63, 3.8) is 0 Å². The van der Waals surface area contributed by atoms with Gasteiger partial charge < -0.3 is 40.0 Å². The summed E-state index contributed by atoms with van der Waals surface area (Å²) >= 11 is 0. The Bertz CT molecular complexity index is 759. The van der Waals surface area contributed by atoms with Crippen molar-refractivity contribution in [2.75, 3.05) is 6.61 Å². The molecule has 0 bridgehead atoms. The molecule has 2 aromatic rings. The fraction of sp³-hybridized carbons (Fsp3) is 0.400. The summed E-state index contributed by atoms with van der Waals surface area (Å²) in [4.78, 5) is 16.4. The summed E-state index contributed by atoms with van der Waals surface area (Å²) in [5.41, 5.74) is 0.624. The number of aliphatic hydroxyl groups is 5. The highest BCUT2D eigenvalue weighted by atomic mass is 16.7. The van der Waals surface area contributed by atoms with E-state index in [1.165, 1.54) is 0 Å². The van der Waals surface area contributed by atoms with E-state index in [4.69, 9.17) is 14.6 Å². The number of aliphatic hydroxyl groups excluding tert-OH is 4. The molecule has 4 atom stereocenters. The zero-order valence-corrected chi connectivity index (χ0v) is 12.4. The number of hydrogen-bond acceptors (Lipinski definition) is 8. The van der Waals surface area contributed by atoms with Crippen molar-refractivity contribution in [2.24, 2.45) is 0 Å². The minimum absolute atomic E-state index is 0.00262. The molecule has 130 valence electrons. The number of para-hydroxylation sites is 1. The topological polar surface area (TPSA) is 151 Å². The van der Waals surface area contributed by atoms with E-state index in [1.807, 2.05) is 0 Å². The Labute approximate surface area is 135 Å². The van der Waals surface area contributed by atoms with E-state index in [0.717, 1.165) is 0 Å². The van der Waals surface area contributed by atoms with Crippen LogP contribution in [-0.4, -0.2) is 62.2 Å². The number of nitrogens with zero attached hydrogens (tertiary/aromatic N) is 1. The number of hydrogen-bond donors (Lipinski definition) is 5. The van der Waals surface area contributed by atoms with Crippen molar-refractivity contribution >= 4 is 16.9 Å². The first kappa shape index (κ1) is 16.8. The first-order valence-electron chi connectivity index (χ1n) is 7.15. The molecule has 0 amide bonds. The summed E-state index contributed by atoms with van der Waals surface area (Å²) in [6, 6.07) is 6.72. The van der Waals surface area contributed by atoms with E-state index in [1.54, 1.807) is 24.3 Å². The average Bonchev–Trinajstić information content (AvgIpc) is 3.06. The lowest BCUT2D eigenvalue weighted by molar-refractivity contribution is -0.246. The Morgan fingerprint density at radius 1 is 1.29 bits per heavy atom. The van der Waals surface area contributed by atoms with E-state index in [0.29, 0.717) is 10.9 Å². The fourth-order valence-corrected chi connectivity index (χ4v) is 2.60. The summed E-state index contributed by atoms with van der Waals surface area (Å²) < 4.78 is 10.0. The van der Waals surface area contributed by atoms with Crippen LogP contribution in [0.2, 0.25) is 0 Å². The quantitative estimate of drug-likeness (QED) is 0.399. The van der Waals surface area contributed by atoms with Gasteiger partial charge in [-0.15, -0.1) is 5.52 Å². The van der Waals surface area contributed by atoms with Crippen molar-refractivity contribution < 1.29 is 39.8 Å². The molecule has 0 saturated carbocycles. The minimum atomic E-state index is -2.46. The van der Waals surface area contributed by atoms with Crippen LogP contribution in [-0.2, 0) is 16.1 Å². The number of carbonyl (C=O) groups is 1. The van der Waals surface area contributed by atoms with Crippen LogP contribution in [0.25, 0.3) is 10.9 Å². The third-order valence-electron chi connectivity index (χ3n) is 3.90. The molecule has 0 spiro atoms. The molecule has 9 heteroatoms. The maximum atomic E-state index is 12.3. The predicted molar refractivity (Wildman–Crippen MR) is 77.7 cm³/mol. The van der Waals surface area contributed by atoms with E-state index in [-0.39, 0.29) is 11.4 Å². The maximum Gasteiger partial charge on any atom is 0.343 e. The van der Waals surface area contributed by atoms with Crippen LogP contribution >= 0.6 is 0 Å². The number of rotatable bonds is 4. The molecule has 1 fully saturated rings. The summed E-state index contributed by atoms with van der Waals surface area (Å²) in [7, 11) is 0. The van der Waals surface area contributed by atoms with Crippen LogP contribution in [0.5, 0.6) is 5.75 Å². The smallest absolute Gasteiger partial charge is 0.343 e. The summed E-state index contributed by atoms with van der Waals surface area (Å²) in [5, 5.41) is 48.2. The molecule has 5 N–H and O–H groups in total. The van der Waals surface area contributed by atoms with Crippen LogP contribution in [0.4, 0.5) is 0 Å². The van der Waals surface area contributed by atoms with Gasteiger partial charge in [0.2, 0.25) is 5.79 Å². The van der Waals surface area contributed by atoms with Crippen LogP contribution in [0.1, 0.15) is 5.69 Å². The maximum absolute atomic E-state index is 12.3. The zero-order valence-electron chi connectivity index (χ0n) is 12.4. The normalized spacial score (nSPS) is 30.0. The molecular formula is C15H16NO8-. The Hall–Kier alpha value is -2.01. The summed E-state index contributed by atoms with van der Waals surface area (Å²) in [6.07, 6.45) is -5.38. The zero-order chi connectivity index (χ0) is 17.5. The molecule has 1 aliphatic rings. The van der Waals surface area contributed by atoms with Gasteiger partial charge in [-0.25, -0.2) is 4.79 Å². The lowest BCUT2D eigenvalue weighted by Crippen LogP contribution is -2.46. The lowest BCUT2D eigenvalue weighted by Gasteiger charge is -2.22. The highest BCUT2D eigenvalue weighted by Crippen LogP contribution is 2.33. The molecule has 1 saturated heterocycles. The van der Waals surface area contributed by atoms with Gasteiger partial charge in [-0.3, -0.25) is 0 Å². The Morgan fingerprint density at radius 3 is 2.62 bits per heavy atom. The van der Waals surface area contributed by atoms with Crippen molar-refractivity contribution in [3.8, 4) is 5.75 Å². The van der Waals surface area contributed by atoms with Crippen molar-refractivity contribution in [2.45, 2.75) is 30.7 Å². The Morgan fingerprint density at radius 2 is 2.00 bits per heavy atom. The molecule has 9 nitrogen and oxygen atoms in total. The summed E-state index contributed by atoms with van der Waals surface area (Å²) in [5.74, 6) is -3.56. The number of fused-ring (bicyclic) bond motifs is 1. The monoisotopic (exact) mass is 338 g/mol. The molecule has 3 rings (SSSR count). The van der Waals surface area contributed by atoms with Gasteiger partial charge in [-0.2, -0.15) is 0 Å². The SMILES string of the molecule is O=C(Oc1c(CO)[n-]c2ccccc12)C1OC(O)(CO)C(O)C1O. The molecule has 24 heavy (non-hydrogen) atoms. The minimum Gasteiger partial charge on any atom is -0.656 e. The molecule has 4 unspecified atom stereocenters. The molecule has 2 heterocycles. The first-order chi connectivity index (χ1) is 11.4. The van der Waals surface area contributed by atoms with Gasteiger partial charge in [0.15, 0.2) is 6.10 Å². The number of ether oxygens (including phenoxy) is 2. The first-order valence-corrected chi connectivity index (χ1v) is 7.15. The highest BCUT2D eigenvalue weighted by molar-refractivity contribution is 5.91. The molecule has 1 aromatic carbocycles. The third kappa shape index (κ3) is 2.57. The van der Waals surface area contributed by atoms with Crippen LogP contribution < -0.4 is 9.72 Å². The number of benzene rings is 1. The molecule has 0 radical (unpaired) electrons. The van der Waals surface area contributed by atoms with Gasteiger partial charge in [0.1, 0.15) is 18.0 Å². The predicted octanol–water partition coefficient (Wildman–Crippen LogP) is -2.00. The molecule has 1 aliphatic heterocycles.